The van der Waals surface area contributed by atoms with Crippen molar-refractivity contribution < 1.29 is 0 Å². The third kappa shape index (κ3) is 2.50. The van der Waals surface area contributed by atoms with Crippen LogP contribution in [0, 0.1) is 0 Å². The van der Waals surface area contributed by atoms with Crippen LogP contribution in [0.3, 0.4) is 0 Å². The summed E-state index contributed by atoms with van der Waals surface area (Å²) in [5, 5.41) is 8.50. The van der Waals surface area contributed by atoms with E-state index in [0.29, 0.717) is 10.7 Å². The van der Waals surface area contributed by atoms with E-state index in [1.807, 2.05) is 0 Å². The second-order valence-corrected chi connectivity index (χ2v) is 4.26. The maximum Gasteiger partial charge on any atom is 0.108 e. The summed E-state index contributed by atoms with van der Waals surface area (Å²) in [6.45, 7) is 2.85. The third-order valence-electron chi connectivity index (χ3n) is 2.61. The Kier molecular flexibility index (Phi) is 4.24. The van der Waals surface area contributed by atoms with E-state index >= 15 is 0 Å². The van der Waals surface area contributed by atoms with Gasteiger partial charge in [0.2, 0.25) is 0 Å². The van der Waals surface area contributed by atoms with Crippen LogP contribution in [-0.4, -0.2) is 20.0 Å². The Labute approximate surface area is 110 Å². The normalized spacial score (nSPS) is 12.6. The van der Waals surface area contributed by atoms with Crippen molar-refractivity contribution >= 4 is 11.6 Å². The highest BCUT2D eigenvalue weighted by Crippen LogP contribution is 2.25. The average molecular weight is 267 g/mol. The van der Waals surface area contributed by atoms with Crippen molar-refractivity contribution in [2.24, 2.45) is 5.84 Å². The van der Waals surface area contributed by atoms with Gasteiger partial charge in [0.25, 0.3) is 0 Å². The molecule has 2 aromatic rings. The van der Waals surface area contributed by atoms with Gasteiger partial charge in [0.15, 0.2) is 0 Å². The Balaban J connectivity index is 2.39. The van der Waals surface area contributed by atoms with Crippen molar-refractivity contribution in [1.29, 1.82) is 0 Å². The number of hydrogen-bond acceptors (Lipinski definition) is 5. The van der Waals surface area contributed by atoms with Crippen LogP contribution in [0.15, 0.2) is 24.5 Å². The van der Waals surface area contributed by atoms with Gasteiger partial charge in [0, 0.05) is 12.7 Å². The second kappa shape index (κ2) is 5.90. The van der Waals surface area contributed by atoms with E-state index in [1.165, 1.54) is 0 Å². The molecule has 0 saturated heterocycles. The number of aryl methyl sites for hydroxylation is 1. The fourth-order valence-corrected chi connectivity index (χ4v) is 2.02. The summed E-state index contributed by atoms with van der Waals surface area (Å²) in [5.74, 6) is 5.61. The first-order valence-electron chi connectivity index (χ1n) is 5.72. The Morgan fingerprint density at radius 2 is 2.39 bits per heavy atom. The molecule has 18 heavy (non-hydrogen) atoms. The molecule has 0 saturated carbocycles. The molecule has 2 rings (SSSR count). The van der Waals surface area contributed by atoms with Gasteiger partial charge in [-0.3, -0.25) is 10.8 Å². The van der Waals surface area contributed by atoms with Crippen LogP contribution < -0.4 is 11.3 Å². The predicted octanol–water partition coefficient (Wildman–Crippen LogP) is 1.29. The van der Waals surface area contributed by atoms with Crippen molar-refractivity contribution in [1.82, 2.24) is 25.4 Å². The SMILES string of the molecule is CCCn1nncc1C(NN)c1ncccc1Cl. The molecule has 0 aliphatic carbocycles. The highest BCUT2D eigenvalue weighted by Gasteiger charge is 2.21. The summed E-state index contributed by atoms with van der Waals surface area (Å²) in [6.07, 6.45) is 4.31. The van der Waals surface area contributed by atoms with Crippen LogP contribution in [0.5, 0.6) is 0 Å². The monoisotopic (exact) mass is 266 g/mol. The molecule has 7 heteroatoms. The molecule has 3 N–H and O–H groups in total. The van der Waals surface area contributed by atoms with Crippen molar-refractivity contribution in [3.05, 3.63) is 40.9 Å². The van der Waals surface area contributed by atoms with E-state index in [-0.39, 0.29) is 6.04 Å². The maximum atomic E-state index is 6.14. The Bertz CT molecular complexity index is 512. The van der Waals surface area contributed by atoms with Gasteiger partial charge in [-0.05, 0) is 18.6 Å². The minimum Gasteiger partial charge on any atom is -0.270 e. The summed E-state index contributed by atoms with van der Waals surface area (Å²) < 4.78 is 1.80. The van der Waals surface area contributed by atoms with E-state index in [4.69, 9.17) is 17.4 Å². The van der Waals surface area contributed by atoms with Gasteiger partial charge in [0.05, 0.1) is 22.6 Å². The average Bonchev–Trinajstić information content (AvgIpc) is 2.82. The summed E-state index contributed by atoms with van der Waals surface area (Å²) in [5.41, 5.74) is 4.23. The van der Waals surface area contributed by atoms with E-state index in [9.17, 15) is 0 Å². The van der Waals surface area contributed by atoms with Gasteiger partial charge in [-0.15, -0.1) is 5.10 Å². The number of nitrogens with zero attached hydrogens (tertiary/aromatic N) is 4. The number of hydrogen-bond donors (Lipinski definition) is 2. The third-order valence-corrected chi connectivity index (χ3v) is 2.93. The van der Waals surface area contributed by atoms with Gasteiger partial charge in [0.1, 0.15) is 6.04 Å². The maximum absolute atomic E-state index is 6.14. The zero-order valence-electron chi connectivity index (χ0n) is 10.0. The molecule has 0 aliphatic heterocycles. The molecule has 0 fully saturated rings. The first-order chi connectivity index (χ1) is 8.77. The molecule has 0 aromatic carbocycles. The standard InChI is InChI=1S/C11H15ClN6/c1-2-6-18-9(7-15-17-18)11(16-13)10-8(12)4-3-5-14-10/h3-5,7,11,16H,2,6,13H2,1H3. The van der Waals surface area contributed by atoms with E-state index < -0.39 is 0 Å². The Morgan fingerprint density at radius 1 is 1.56 bits per heavy atom. The van der Waals surface area contributed by atoms with Gasteiger partial charge in [-0.25, -0.2) is 10.1 Å². The predicted molar refractivity (Wildman–Crippen MR) is 68.7 cm³/mol. The van der Waals surface area contributed by atoms with Gasteiger partial charge >= 0.3 is 0 Å². The largest absolute Gasteiger partial charge is 0.270 e. The van der Waals surface area contributed by atoms with E-state index in [2.05, 4.69) is 27.6 Å². The van der Waals surface area contributed by atoms with Crippen LogP contribution in [-0.2, 0) is 6.54 Å². The van der Waals surface area contributed by atoms with Crippen molar-refractivity contribution in [3.8, 4) is 0 Å². The molecular weight excluding hydrogens is 252 g/mol. The van der Waals surface area contributed by atoms with Crippen molar-refractivity contribution in [2.75, 3.05) is 0 Å². The second-order valence-electron chi connectivity index (χ2n) is 3.85. The summed E-state index contributed by atoms with van der Waals surface area (Å²) >= 11 is 6.14. The fraction of sp³-hybridized carbons (Fsp3) is 0.364. The molecule has 1 unspecified atom stereocenters. The van der Waals surface area contributed by atoms with Crippen molar-refractivity contribution in [3.63, 3.8) is 0 Å². The number of aromatic nitrogens is 4. The Morgan fingerprint density at radius 3 is 3.06 bits per heavy atom. The molecule has 96 valence electrons. The highest BCUT2D eigenvalue weighted by atomic mass is 35.5. The summed E-state index contributed by atoms with van der Waals surface area (Å²) in [7, 11) is 0. The van der Waals surface area contributed by atoms with E-state index in [0.717, 1.165) is 18.7 Å². The minimum absolute atomic E-state index is 0.319. The number of hydrazine groups is 1. The molecule has 6 nitrogen and oxygen atoms in total. The topological polar surface area (TPSA) is 81.7 Å². The zero-order valence-corrected chi connectivity index (χ0v) is 10.8. The lowest BCUT2D eigenvalue weighted by Crippen LogP contribution is -2.31. The number of halogens is 1. The molecular formula is C11H15ClN6. The lowest BCUT2D eigenvalue weighted by molar-refractivity contribution is 0.507. The smallest absolute Gasteiger partial charge is 0.108 e. The van der Waals surface area contributed by atoms with Gasteiger partial charge in [-0.2, -0.15) is 0 Å². The molecule has 1 atom stereocenters. The number of nitrogens with one attached hydrogen (secondary N) is 1. The first kappa shape index (κ1) is 12.9. The highest BCUT2D eigenvalue weighted by molar-refractivity contribution is 6.31. The van der Waals surface area contributed by atoms with Gasteiger partial charge < -0.3 is 0 Å². The molecule has 0 amide bonds. The minimum atomic E-state index is -0.319. The van der Waals surface area contributed by atoms with Crippen LogP contribution in [0.2, 0.25) is 5.02 Å². The van der Waals surface area contributed by atoms with Crippen LogP contribution in [0.1, 0.15) is 30.8 Å². The molecule has 2 heterocycles. The Hall–Kier alpha value is -1.50. The number of pyridine rings is 1. The number of rotatable bonds is 5. The molecule has 0 radical (unpaired) electrons. The van der Waals surface area contributed by atoms with Gasteiger partial charge in [-0.1, -0.05) is 23.7 Å². The van der Waals surface area contributed by atoms with Crippen LogP contribution in [0.4, 0.5) is 0 Å². The van der Waals surface area contributed by atoms with Crippen molar-refractivity contribution in [2.45, 2.75) is 25.9 Å². The first-order valence-corrected chi connectivity index (χ1v) is 6.10. The molecule has 0 aliphatic rings. The van der Waals surface area contributed by atoms with Crippen LogP contribution >= 0.6 is 11.6 Å². The van der Waals surface area contributed by atoms with E-state index in [1.54, 1.807) is 29.2 Å². The lowest BCUT2D eigenvalue weighted by Gasteiger charge is -2.17. The lowest BCUT2D eigenvalue weighted by atomic mass is 10.1. The summed E-state index contributed by atoms with van der Waals surface area (Å²) in [4.78, 5) is 4.26. The molecule has 0 spiro atoms. The zero-order chi connectivity index (χ0) is 13.0. The quantitative estimate of drug-likeness (QED) is 0.630. The van der Waals surface area contributed by atoms with Crippen LogP contribution in [0.25, 0.3) is 0 Å². The summed E-state index contributed by atoms with van der Waals surface area (Å²) in [6, 6.07) is 3.24. The number of nitrogens with two attached hydrogens (primary N) is 1. The molecule has 0 bridgehead atoms. The molecule has 2 aromatic heterocycles. The fourth-order valence-electron chi connectivity index (χ4n) is 1.79.